The van der Waals surface area contributed by atoms with Gasteiger partial charge in [0, 0.05) is 6.42 Å². The van der Waals surface area contributed by atoms with E-state index in [4.69, 9.17) is 9.84 Å². The summed E-state index contributed by atoms with van der Waals surface area (Å²) in [6.07, 6.45) is 22.3. The van der Waals surface area contributed by atoms with E-state index >= 15 is 0 Å². The Balaban J connectivity index is 1.64. The average molecular weight is 341 g/mol. The summed E-state index contributed by atoms with van der Waals surface area (Å²) in [5, 5.41) is 8.56. The maximum atomic E-state index is 10.4. The van der Waals surface area contributed by atoms with E-state index in [2.05, 4.69) is 6.92 Å². The standard InChI is InChI=1S/C21H40O3/c1-2-19-20(24-19)17-15-13-11-9-7-5-3-4-6-8-10-12-14-16-18-21(22)23/h19-20H,2-18H2,1H3,(H,22,23)/t19-,20+/m1/s1. The van der Waals surface area contributed by atoms with Gasteiger partial charge in [0.25, 0.3) is 0 Å². The van der Waals surface area contributed by atoms with Gasteiger partial charge in [-0.05, 0) is 19.3 Å². The molecule has 0 bridgehead atoms. The third-order valence-corrected chi connectivity index (χ3v) is 5.22. The Labute approximate surface area is 149 Å². The fourth-order valence-electron chi connectivity index (χ4n) is 3.54. The molecule has 0 spiro atoms. The number of hydrogen-bond acceptors (Lipinski definition) is 2. The molecular formula is C21H40O3. The largest absolute Gasteiger partial charge is 0.481 e. The van der Waals surface area contributed by atoms with Crippen molar-refractivity contribution in [1.29, 1.82) is 0 Å². The van der Waals surface area contributed by atoms with Crippen LogP contribution in [-0.2, 0) is 9.53 Å². The van der Waals surface area contributed by atoms with Crippen LogP contribution in [0.4, 0.5) is 0 Å². The summed E-state index contributed by atoms with van der Waals surface area (Å²) in [4.78, 5) is 10.4. The Morgan fingerprint density at radius 2 is 1.12 bits per heavy atom. The van der Waals surface area contributed by atoms with Gasteiger partial charge in [-0.3, -0.25) is 4.79 Å². The molecule has 1 aliphatic heterocycles. The zero-order chi connectivity index (χ0) is 17.5. The number of rotatable bonds is 18. The lowest BCUT2D eigenvalue weighted by Crippen LogP contribution is -1.93. The van der Waals surface area contributed by atoms with Gasteiger partial charge in [0.05, 0.1) is 12.2 Å². The molecule has 2 atom stereocenters. The first-order valence-corrected chi connectivity index (χ1v) is 10.6. The van der Waals surface area contributed by atoms with Crippen LogP contribution in [0.5, 0.6) is 0 Å². The number of aliphatic carboxylic acids is 1. The van der Waals surface area contributed by atoms with Crippen LogP contribution in [-0.4, -0.2) is 23.3 Å². The second kappa shape index (κ2) is 14.7. The molecule has 3 heteroatoms. The van der Waals surface area contributed by atoms with E-state index in [0.29, 0.717) is 18.6 Å². The third-order valence-electron chi connectivity index (χ3n) is 5.22. The Morgan fingerprint density at radius 3 is 1.50 bits per heavy atom. The molecule has 3 nitrogen and oxygen atoms in total. The van der Waals surface area contributed by atoms with E-state index in [1.807, 2.05) is 0 Å². The molecule has 1 rings (SSSR count). The van der Waals surface area contributed by atoms with Gasteiger partial charge in [-0.1, -0.05) is 90.4 Å². The Bertz CT molecular complexity index is 303. The van der Waals surface area contributed by atoms with E-state index in [0.717, 1.165) is 12.8 Å². The Hall–Kier alpha value is -0.570. The lowest BCUT2D eigenvalue weighted by atomic mass is 10.0. The summed E-state index contributed by atoms with van der Waals surface area (Å²) in [5.41, 5.74) is 0. The highest BCUT2D eigenvalue weighted by atomic mass is 16.6. The number of hydrogen-bond donors (Lipinski definition) is 1. The SMILES string of the molecule is CC[C@H]1O[C@H]1CCCCCCCCCCCCCCCCC(=O)O. The molecule has 24 heavy (non-hydrogen) atoms. The van der Waals surface area contributed by atoms with Gasteiger partial charge in [-0.2, -0.15) is 0 Å². The van der Waals surface area contributed by atoms with E-state index in [-0.39, 0.29) is 0 Å². The number of carbonyl (C=O) groups is 1. The maximum Gasteiger partial charge on any atom is 0.303 e. The fraction of sp³-hybridized carbons (Fsp3) is 0.952. The number of carboxylic acid groups (broad SMARTS) is 1. The summed E-state index contributed by atoms with van der Waals surface area (Å²) in [6, 6.07) is 0. The van der Waals surface area contributed by atoms with Crippen LogP contribution in [0.15, 0.2) is 0 Å². The smallest absolute Gasteiger partial charge is 0.303 e. The first kappa shape index (κ1) is 21.5. The predicted octanol–water partition coefficient (Wildman–Crippen LogP) is 6.49. The Kier molecular flexibility index (Phi) is 13.2. The summed E-state index contributed by atoms with van der Waals surface area (Å²) in [5.74, 6) is -0.655. The third kappa shape index (κ3) is 12.8. The second-order valence-corrected chi connectivity index (χ2v) is 7.50. The van der Waals surface area contributed by atoms with Crippen LogP contribution in [0.1, 0.15) is 116 Å². The first-order chi connectivity index (χ1) is 11.7. The number of unbranched alkanes of at least 4 members (excludes halogenated alkanes) is 13. The van der Waals surface area contributed by atoms with Crippen molar-refractivity contribution in [3.8, 4) is 0 Å². The minimum atomic E-state index is -0.655. The van der Waals surface area contributed by atoms with Gasteiger partial charge >= 0.3 is 5.97 Å². The van der Waals surface area contributed by atoms with Crippen molar-refractivity contribution in [3.05, 3.63) is 0 Å². The van der Waals surface area contributed by atoms with E-state index in [9.17, 15) is 4.79 Å². The number of carboxylic acids is 1. The molecule has 0 amide bonds. The van der Waals surface area contributed by atoms with E-state index < -0.39 is 5.97 Å². The molecule has 0 unspecified atom stereocenters. The molecule has 0 aromatic carbocycles. The monoisotopic (exact) mass is 340 g/mol. The normalized spacial score (nSPS) is 19.5. The van der Waals surface area contributed by atoms with Crippen molar-refractivity contribution >= 4 is 5.97 Å². The van der Waals surface area contributed by atoms with Gasteiger partial charge in [0.1, 0.15) is 0 Å². The first-order valence-electron chi connectivity index (χ1n) is 10.6. The van der Waals surface area contributed by atoms with E-state index in [1.165, 1.54) is 89.9 Å². The van der Waals surface area contributed by atoms with E-state index in [1.54, 1.807) is 0 Å². The summed E-state index contributed by atoms with van der Waals surface area (Å²) in [7, 11) is 0. The highest BCUT2D eigenvalue weighted by Gasteiger charge is 2.35. The molecule has 1 heterocycles. The van der Waals surface area contributed by atoms with Crippen molar-refractivity contribution in [2.45, 2.75) is 128 Å². The molecule has 0 aliphatic carbocycles. The molecule has 1 saturated heterocycles. The lowest BCUT2D eigenvalue weighted by molar-refractivity contribution is -0.137. The molecular weight excluding hydrogens is 300 g/mol. The molecule has 1 fully saturated rings. The topological polar surface area (TPSA) is 49.8 Å². The molecule has 0 radical (unpaired) electrons. The molecule has 0 saturated carbocycles. The zero-order valence-electron chi connectivity index (χ0n) is 15.9. The molecule has 0 aromatic rings. The average Bonchev–Trinajstić information content (AvgIpc) is 3.32. The number of epoxide rings is 1. The zero-order valence-corrected chi connectivity index (χ0v) is 15.9. The van der Waals surface area contributed by atoms with Crippen LogP contribution in [0.2, 0.25) is 0 Å². The number of ether oxygens (including phenoxy) is 1. The Morgan fingerprint density at radius 1 is 0.708 bits per heavy atom. The van der Waals surface area contributed by atoms with Crippen LogP contribution in [0.3, 0.4) is 0 Å². The van der Waals surface area contributed by atoms with Gasteiger partial charge in [-0.25, -0.2) is 0 Å². The van der Waals surface area contributed by atoms with Crippen molar-refractivity contribution in [2.75, 3.05) is 0 Å². The van der Waals surface area contributed by atoms with Crippen molar-refractivity contribution in [1.82, 2.24) is 0 Å². The minimum absolute atomic E-state index is 0.341. The molecule has 142 valence electrons. The minimum Gasteiger partial charge on any atom is -0.481 e. The predicted molar refractivity (Wildman–Crippen MR) is 100 cm³/mol. The van der Waals surface area contributed by atoms with Crippen molar-refractivity contribution in [3.63, 3.8) is 0 Å². The van der Waals surface area contributed by atoms with Crippen LogP contribution < -0.4 is 0 Å². The fourth-order valence-corrected chi connectivity index (χ4v) is 3.54. The maximum absolute atomic E-state index is 10.4. The molecule has 1 N–H and O–H groups in total. The highest BCUT2D eigenvalue weighted by Crippen LogP contribution is 2.29. The lowest BCUT2D eigenvalue weighted by Gasteiger charge is -2.03. The van der Waals surface area contributed by atoms with Crippen LogP contribution in [0, 0.1) is 0 Å². The van der Waals surface area contributed by atoms with Crippen molar-refractivity contribution in [2.24, 2.45) is 0 Å². The molecule has 0 aromatic heterocycles. The summed E-state index contributed by atoms with van der Waals surface area (Å²) < 4.78 is 5.57. The quantitative estimate of drug-likeness (QED) is 0.229. The summed E-state index contributed by atoms with van der Waals surface area (Å²) in [6.45, 7) is 2.22. The highest BCUT2D eigenvalue weighted by molar-refractivity contribution is 5.66. The van der Waals surface area contributed by atoms with Crippen LogP contribution >= 0.6 is 0 Å². The van der Waals surface area contributed by atoms with Gasteiger partial charge in [-0.15, -0.1) is 0 Å². The summed E-state index contributed by atoms with van der Waals surface area (Å²) >= 11 is 0. The van der Waals surface area contributed by atoms with Gasteiger partial charge in [0.15, 0.2) is 0 Å². The van der Waals surface area contributed by atoms with Gasteiger partial charge in [0.2, 0.25) is 0 Å². The van der Waals surface area contributed by atoms with Gasteiger partial charge < -0.3 is 9.84 Å². The van der Waals surface area contributed by atoms with Crippen molar-refractivity contribution < 1.29 is 14.6 Å². The second-order valence-electron chi connectivity index (χ2n) is 7.50. The van der Waals surface area contributed by atoms with Crippen LogP contribution in [0.25, 0.3) is 0 Å². The molecule has 1 aliphatic rings.